The maximum Gasteiger partial charge on any atom is 0.136 e. The predicted octanol–water partition coefficient (Wildman–Crippen LogP) is 4.60. The van der Waals surface area contributed by atoms with Crippen LogP contribution < -0.4 is 14.8 Å². The van der Waals surface area contributed by atoms with Crippen LogP contribution in [0.15, 0.2) is 36.4 Å². The van der Waals surface area contributed by atoms with E-state index in [2.05, 4.69) is 27.9 Å². The first kappa shape index (κ1) is 23.6. The van der Waals surface area contributed by atoms with Gasteiger partial charge in [-0.15, -0.1) is 12.4 Å². The minimum atomic E-state index is -0.601. The molecule has 0 amide bonds. The molecule has 144 valence electrons. The third kappa shape index (κ3) is 7.66. The van der Waals surface area contributed by atoms with Gasteiger partial charge in [0.25, 0.3) is 0 Å². The first-order valence-electron chi connectivity index (χ1n) is 7.78. The van der Waals surface area contributed by atoms with Crippen LogP contribution in [-0.2, 0) is 6.42 Å². The second kappa shape index (κ2) is 12.1. The summed E-state index contributed by atoms with van der Waals surface area (Å²) in [6, 6.07) is 11.2. The fourth-order valence-electron chi connectivity index (χ4n) is 2.16. The van der Waals surface area contributed by atoms with Gasteiger partial charge in [0.15, 0.2) is 0 Å². The van der Waals surface area contributed by atoms with Crippen LogP contribution in [0.25, 0.3) is 0 Å². The van der Waals surface area contributed by atoms with Crippen molar-refractivity contribution in [3.63, 3.8) is 0 Å². The highest BCUT2D eigenvalue weighted by Crippen LogP contribution is 2.26. The third-order valence-electron chi connectivity index (χ3n) is 3.52. The molecule has 2 N–H and O–H groups in total. The largest absolute Gasteiger partial charge is 0.497 e. The molecule has 1 unspecified atom stereocenters. The van der Waals surface area contributed by atoms with Crippen LogP contribution in [0, 0.1) is 3.57 Å². The topological polar surface area (TPSA) is 50.7 Å². The Hall–Kier alpha value is -0.440. The fraction of sp³-hybridized carbons (Fsp3) is 0.333. The molecule has 0 aliphatic carbocycles. The summed E-state index contributed by atoms with van der Waals surface area (Å²) in [6.07, 6.45) is 0.203. The highest BCUT2D eigenvalue weighted by molar-refractivity contribution is 14.1. The van der Waals surface area contributed by atoms with Gasteiger partial charge in [0.05, 0.1) is 20.7 Å². The van der Waals surface area contributed by atoms with Crippen LogP contribution in [0.2, 0.25) is 10.0 Å². The minimum Gasteiger partial charge on any atom is -0.497 e. The molecule has 0 saturated heterocycles. The maximum atomic E-state index is 10.0. The van der Waals surface area contributed by atoms with Crippen LogP contribution in [0.5, 0.6) is 11.5 Å². The Morgan fingerprint density at radius 1 is 1.15 bits per heavy atom. The highest BCUT2D eigenvalue weighted by Gasteiger charge is 2.08. The van der Waals surface area contributed by atoms with Gasteiger partial charge in [-0.05, 0) is 65.4 Å². The Kier molecular flexibility index (Phi) is 11.0. The number of hydrogen-bond acceptors (Lipinski definition) is 4. The van der Waals surface area contributed by atoms with E-state index in [-0.39, 0.29) is 19.0 Å². The van der Waals surface area contributed by atoms with Gasteiger partial charge in [0.1, 0.15) is 24.2 Å². The lowest BCUT2D eigenvalue weighted by atomic mass is 10.1. The van der Waals surface area contributed by atoms with Crippen molar-refractivity contribution in [3.05, 3.63) is 55.6 Å². The molecule has 0 radical (unpaired) electrons. The molecule has 4 nitrogen and oxygen atoms in total. The summed E-state index contributed by atoms with van der Waals surface area (Å²) < 4.78 is 11.8. The van der Waals surface area contributed by atoms with Gasteiger partial charge in [-0.2, -0.15) is 0 Å². The zero-order valence-corrected chi connectivity index (χ0v) is 18.7. The van der Waals surface area contributed by atoms with Gasteiger partial charge < -0.3 is 19.9 Å². The van der Waals surface area contributed by atoms with Crippen molar-refractivity contribution in [2.24, 2.45) is 0 Å². The molecular formula is C18H21Cl3INO3. The van der Waals surface area contributed by atoms with E-state index in [1.807, 2.05) is 30.3 Å². The van der Waals surface area contributed by atoms with Gasteiger partial charge in [-0.25, -0.2) is 0 Å². The van der Waals surface area contributed by atoms with E-state index in [4.69, 9.17) is 32.7 Å². The fourth-order valence-corrected chi connectivity index (χ4v) is 2.97. The Bertz CT molecular complexity index is 703. The first-order chi connectivity index (χ1) is 12.0. The Morgan fingerprint density at radius 2 is 1.92 bits per heavy atom. The molecule has 0 fully saturated rings. The van der Waals surface area contributed by atoms with Gasteiger partial charge in [0, 0.05) is 12.6 Å². The molecule has 0 bridgehead atoms. The van der Waals surface area contributed by atoms with E-state index in [9.17, 15) is 5.11 Å². The van der Waals surface area contributed by atoms with Crippen molar-refractivity contribution in [1.29, 1.82) is 0 Å². The molecule has 0 saturated carbocycles. The first-order valence-corrected chi connectivity index (χ1v) is 9.62. The van der Waals surface area contributed by atoms with E-state index < -0.39 is 6.10 Å². The average molecular weight is 533 g/mol. The molecular weight excluding hydrogens is 511 g/mol. The van der Waals surface area contributed by atoms with Crippen LogP contribution in [0.4, 0.5) is 0 Å². The summed E-state index contributed by atoms with van der Waals surface area (Å²) in [4.78, 5) is 0. The summed E-state index contributed by atoms with van der Waals surface area (Å²) in [5, 5.41) is 14.4. The number of aliphatic hydroxyl groups is 1. The Morgan fingerprint density at radius 3 is 2.62 bits per heavy atom. The standard InChI is InChI=1S/C18H20Cl2INO3.ClH/c1-24-14-3-5-17(21)18(9-14)25-11-13(23)10-22-7-6-12-2-4-15(19)16(20)8-12;/h2-5,8-9,13,22-23H,6-7,10-11H2,1H3;1H. The van der Waals surface area contributed by atoms with Crippen molar-refractivity contribution in [3.8, 4) is 11.5 Å². The SMILES string of the molecule is COc1ccc(I)c(OCC(O)CNCCc2ccc(Cl)c(Cl)c2)c1.Cl. The number of rotatable bonds is 9. The number of nitrogens with one attached hydrogen (secondary N) is 1. The van der Waals surface area contributed by atoms with E-state index in [1.165, 1.54) is 0 Å². The summed E-state index contributed by atoms with van der Waals surface area (Å²) >= 11 is 14.1. The zero-order valence-electron chi connectivity index (χ0n) is 14.2. The Labute approximate surface area is 183 Å². The van der Waals surface area contributed by atoms with Gasteiger partial charge in [-0.1, -0.05) is 29.3 Å². The minimum absolute atomic E-state index is 0. The highest BCUT2D eigenvalue weighted by atomic mass is 127. The number of methoxy groups -OCH3 is 1. The second-order valence-corrected chi connectivity index (χ2v) is 7.44. The summed E-state index contributed by atoms with van der Waals surface area (Å²) in [6.45, 7) is 1.39. The maximum absolute atomic E-state index is 10.0. The summed E-state index contributed by atoms with van der Waals surface area (Å²) in [5.74, 6) is 1.43. The second-order valence-electron chi connectivity index (χ2n) is 5.46. The van der Waals surface area contributed by atoms with Crippen LogP contribution >= 0.6 is 58.2 Å². The predicted molar refractivity (Wildman–Crippen MR) is 117 cm³/mol. The Balaban J connectivity index is 0.00000338. The van der Waals surface area contributed by atoms with Crippen molar-refractivity contribution in [1.82, 2.24) is 5.32 Å². The molecule has 0 aromatic heterocycles. The van der Waals surface area contributed by atoms with Crippen molar-refractivity contribution >= 4 is 58.2 Å². The lowest BCUT2D eigenvalue weighted by Gasteiger charge is -2.15. The van der Waals surface area contributed by atoms with E-state index >= 15 is 0 Å². The lowest BCUT2D eigenvalue weighted by Crippen LogP contribution is -2.32. The van der Waals surface area contributed by atoms with E-state index in [0.717, 1.165) is 27.8 Å². The van der Waals surface area contributed by atoms with Crippen LogP contribution in [0.3, 0.4) is 0 Å². The average Bonchev–Trinajstić information content (AvgIpc) is 2.61. The van der Waals surface area contributed by atoms with Crippen molar-refractivity contribution < 1.29 is 14.6 Å². The number of halogens is 4. The molecule has 0 heterocycles. The molecule has 2 aromatic rings. The number of ether oxygens (including phenoxy) is 2. The number of benzene rings is 2. The summed E-state index contributed by atoms with van der Waals surface area (Å²) in [5.41, 5.74) is 1.10. The normalized spacial score (nSPS) is 11.6. The zero-order chi connectivity index (χ0) is 18.2. The number of aliphatic hydroxyl groups excluding tert-OH is 1. The van der Waals surface area contributed by atoms with Crippen LogP contribution in [-0.4, -0.2) is 38.0 Å². The van der Waals surface area contributed by atoms with Gasteiger partial charge >= 0.3 is 0 Å². The van der Waals surface area contributed by atoms with Crippen molar-refractivity contribution in [2.75, 3.05) is 26.8 Å². The monoisotopic (exact) mass is 531 g/mol. The summed E-state index contributed by atoms with van der Waals surface area (Å²) in [7, 11) is 1.61. The molecule has 2 aromatic carbocycles. The van der Waals surface area contributed by atoms with Crippen LogP contribution in [0.1, 0.15) is 5.56 Å². The lowest BCUT2D eigenvalue weighted by molar-refractivity contribution is 0.106. The van der Waals surface area contributed by atoms with Crippen molar-refractivity contribution in [2.45, 2.75) is 12.5 Å². The smallest absolute Gasteiger partial charge is 0.136 e. The van der Waals surface area contributed by atoms with E-state index in [0.29, 0.717) is 22.3 Å². The van der Waals surface area contributed by atoms with Gasteiger partial charge in [-0.3, -0.25) is 0 Å². The quantitative estimate of drug-likeness (QED) is 0.366. The molecule has 1 atom stereocenters. The molecule has 26 heavy (non-hydrogen) atoms. The molecule has 2 rings (SSSR count). The van der Waals surface area contributed by atoms with E-state index in [1.54, 1.807) is 13.2 Å². The molecule has 0 spiro atoms. The number of hydrogen-bond donors (Lipinski definition) is 2. The molecule has 0 aliphatic heterocycles. The molecule has 8 heteroatoms. The van der Waals surface area contributed by atoms with Gasteiger partial charge in [0.2, 0.25) is 0 Å². The third-order valence-corrected chi connectivity index (χ3v) is 5.15. The molecule has 0 aliphatic rings.